The lowest BCUT2D eigenvalue weighted by Gasteiger charge is -2.09. The van der Waals surface area contributed by atoms with Crippen LogP contribution in [0.15, 0.2) is 36.4 Å². The molecule has 0 aliphatic heterocycles. The van der Waals surface area contributed by atoms with Crippen LogP contribution in [0.1, 0.15) is 16.1 Å². The largest absolute Gasteiger partial charge is 0.464 e. The van der Waals surface area contributed by atoms with Crippen LogP contribution in [0.3, 0.4) is 0 Å². The summed E-state index contributed by atoms with van der Waals surface area (Å²) >= 11 is 5.84. The van der Waals surface area contributed by atoms with Crippen LogP contribution in [0.4, 0.5) is 11.5 Å². The highest BCUT2D eigenvalue weighted by Crippen LogP contribution is 2.16. The number of esters is 1. The number of nitrogens with zero attached hydrogens (tertiary/aromatic N) is 1. The van der Waals surface area contributed by atoms with E-state index in [2.05, 4.69) is 15.0 Å². The highest BCUT2D eigenvalue weighted by atomic mass is 35.5. The lowest BCUT2D eigenvalue weighted by atomic mass is 10.1. The van der Waals surface area contributed by atoms with Gasteiger partial charge in [0, 0.05) is 11.6 Å². The SMILES string of the molecule is COC(=O)c1ccc(N)c(NCCc2ccc(Cl)cc2)n1. The van der Waals surface area contributed by atoms with E-state index in [4.69, 9.17) is 17.3 Å². The van der Waals surface area contributed by atoms with E-state index in [1.54, 1.807) is 6.07 Å². The Kier molecular flexibility index (Phi) is 5.00. The first-order valence-electron chi connectivity index (χ1n) is 6.43. The maximum atomic E-state index is 11.4. The molecule has 0 radical (unpaired) electrons. The first-order chi connectivity index (χ1) is 10.1. The molecule has 0 bridgehead atoms. The fourth-order valence-electron chi connectivity index (χ4n) is 1.81. The average Bonchev–Trinajstić information content (AvgIpc) is 2.50. The van der Waals surface area contributed by atoms with Crippen LogP contribution in [0.25, 0.3) is 0 Å². The minimum absolute atomic E-state index is 0.223. The molecule has 6 heteroatoms. The van der Waals surface area contributed by atoms with E-state index in [1.165, 1.54) is 13.2 Å². The van der Waals surface area contributed by atoms with Crippen molar-refractivity contribution in [1.82, 2.24) is 4.98 Å². The third-order valence-electron chi connectivity index (χ3n) is 2.94. The first-order valence-corrected chi connectivity index (χ1v) is 6.81. The van der Waals surface area contributed by atoms with Gasteiger partial charge in [-0.1, -0.05) is 23.7 Å². The number of carbonyl (C=O) groups excluding carboxylic acids is 1. The fourth-order valence-corrected chi connectivity index (χ4v) is 1.93. The van der Waals surface area contributed by atoms with E-state index >= 15 is 0 Å². The van der Waals surface area contributed by atoms with Gasteiger partial charge in [-0.2, -0.15) is 0 Å². The highest BCUT2D eigenvalue weighted by molar-refractivity contribution is 6.30. The van der Waals surface area contributed by atoms with Crippen LogP contribution < -0.4 is 11.1 Å². The number of carbonyl (C=O) groups is 1. The molecule has 0 amide bonds. The Balaban J connectivity index is 1.99. The van der Waals surface area contributed by atoms with E-state index in [-0.39, 0.29) is 5.69 Å². The average molecular weight is 306 g/mol. The lowest BCUT2D eigenvalue weighted by molar-refractivity contribution is 0.0594. The summed E-state index contributed by atoms with van der Waals surface area (Å²) < 4.78 is 4.63. The van der Waals surface area contributed by atoms with Crippen LogP contribution in [-0.2, 0) is 11.2 Å². The summed E-state index contributed by atoms with van der Waals surface area (Å²) in [4.78, 5) is 15.6. The zero-order valence-electron chi connectivity index (χ0n) is 11.6. The number of pyridine rings is 1. The van der Waals surface area contributed by atoms with E-state index in [1.807, 2.05) is 24.3 Å². The molecule has 0 aliphatic rings. The summed E-state index contributed by atoms with van der Waals surface area (Å²) in [5.74, 6) is -0.0115. The molecule has 0 atom stereocenters. The molecule has 3 N–H and O–H groups in total. The van der Waals surface area contributed by atoms with Gasteiger partial charge in [0.15, 0.2) is 5.69 Å². The van der Waals surface area contributed by atoms with Gasteiger partial charge >= 0.3 is 5.97 Å². The summed E-state index contributed by atoms with van der Waals surface area (Å²) in [5.41, 5.74) is 7.69. The molecule has 0 unspecified atom stereocenters. The number of ether oxygens (including phenoxy) is 1. The number of hydrogen-bond donors (Lipinski definition) is 2. The lowest BCUT2D eigenvalue weighted by Crippen LogP contribution is -2.12. The van der Waals surface area contributed by atoms with Crippen LogP contribution in [0.5, 0.6) is 0 Å². The number of benzene rings is 1. The van der Waals surface area contributed by atoms with Gasteiger partial charge in [-0.15, -0.1) is 0 Å². The van der Waals surface area contributed by atoms with Crippen molar-refractivity contribution in [2.75, 3.05) is 24.7 Å². The Hall–Kier alpha value is -2.27. The van der Waals surface area contributed by atoms with Crippen molar-refractivity contribution in [3.8, 4) is 0 Å². The molecule has 21 heavy (non-hydrogen) atoms. The van der Waals surface area contributed by atoms with Crippen molar-refractivity contribution >= 4 is 29.1 Å². The number of methoxy groups -OCH3 is 1. The monoisotopic (exact) mass is 305 g/mol. The number of rotatable bonds is 5. The van der Waals surface area contributed by atoms with Gasteiger partial charge in [0.1, 0.15) is 5.82 Å². The fraction of sp³-hybridized carbons (Fsp3) is 0.200. The number of nitrogens with two attached hydrogens (primary N) is 1. The number of anilines is 2. The van der Waals surface area contributed by atoms with Crippen LogP contribution in [0.2, 0.25) is 5.02 Å². The number of aromatic nitrogens is 1. The Bertz CT molecular complexity index is 629. The number of nitrogens with one attached hydrogen (secondary N) is 1. The van der Waals surface area contributed by atoms with Gasteiger partial charge in [-0.25, -0.2) is 9.78 Å². The second-order valence-electron chi connectivity index (χ2n) is 4.43. The van der Waals surface area contributed by atoms with Crippen molar-refractivity contribution < 1.29 is 9.53 Å². The quantitative estimate of drug-likeness (QED) is 0.831. The van der Waals surface area contributed by atoms with Gasteiger partial charge in [0.2, 0.25) is 0 Å². The second-order valence-corrected chi connectivity index (χ2v) is 4.87. The van der Waals surface area contributed by atoms with Crippen LogP contribution >= 0.6 is 11.6 Å². The smallest absolute Gasteiger partial charge is 0.356 e. The third kappa shape index (κ3) is 4.10. The van der Waals surface area contributed by atoms with E-state index < -0.39 is 5.97 Å². The Morgan fingerprint density at radius 2 is 2.00 bits per heavy atom. The molecule has 0 aliphatic carbocycles. The molecule has 2 aromatic rings. The molecule has 0 spiro atoms. The van der Waals surface area contributed by atoms with E-state index in [9.17, 15) is 4.79 Å². The maximum Gasteiger partial charge on any atom is 0.356 e. The summed E-state index contributed by atoms with van der Waals surface area (Å²) in [5, 5.41) is 3.83. The van der Waals surface area contributed by atoms with E-state index in [0.29, 0.717) is 23.1 Å². The molecule has 1 aromatic heterocycles. The minimum atomic E-state index is -0.490. The molecule has 0 saturated heterocycles. The number of hydrogen-bond acceptors (Lipinski definition) is 5. The predicted molar refractivity (Wildman–Crippen MR) is 83.6 cm³/mol. The predicted octanol–water partition coefficient (Wildman–Crippen LogP) is 2.76. The molecule has 110 valence electrons. The summed E-state index contributed by atoms with van der Waals surface area (Å²) in [6.07, 6.45) is 0.792. The third-order valence-corrected chi connectivity index (χ3v) is 3.19. The van der Waals surface area contributed by atoms with Crippen LogP contribution in [-0.4, -0.2) is 24.6 Å². The Labute approximate surface area is 128 Å². The molecule has 1 heterocycles. The molecule has 0 fully saturated rings. The zero-order chi connectivity index (χ0) is 15.2. The van der Waals surface area contributed by atoms with Crippen LogP contribution in [0, 0.1) is 0 Å². The molecule has 5 nitrogen and oxygen atoms in total. The molecular formula is C15H16ClN3O2. The standard InChI is InChI=1S/C15H16ClN3O2/c1-21-15(20)13-7-6-12(17)14(19-13)18-9-8-10-2-4-11(16)5-3-10/h2-7H,8-9,17H2,1H3,(H,18,19). The van der Waals surface area contributed by atoms with E-state index in [0.717, 1.165) is 12.0 Å². The van der Waals surface area contributed by atoms with Crippen molar-refractivity contribution in [2.45, 2.75) is 6.42 Å². The topological polar surface area (TPSA) is 77.2 Å². The number of halogens is 1. The zero-order valence-corrected chi connectivity index (χ0v) is 12.4. The normalized spacial score (nSPS) is 10.2. The van der Waals surface area contributed by atoms with Gasteiger partial charge in [-0.3, -0.25) is 0 Å². The second kappa shape index (κ2) is 6.95. The van der Waals surface area contributed by atoms with Crippen molar-refractivity contribution in [3.05, 3.63) is 52.7 Å². The molecular weight excluding hydrogens is 290 g/mol. The number of nitrogen functional groups attached to an aromatic ring is 1. The summed E-state index contributed by atoms with van der Waals surface area (Å²) in [6, 6.07) is 10.8. The maximum absolute atomic E-state index is 11.4. The van der Waals surface area contributed by atoms with Gasteiger partial charge in [0.05, 0.1) is 12.8 Å². The van der Waals surface area contributed by atoms with Crippen molar-refractivity contribution in [3.63, 3.8) is 0 Å². The molecule has 1 aromatic carbocycles. The van der Waals surface area contributed by atoms with Crippen molar-refractivity contribution in [2.24, 2.45) is 0 Å². The molecule has 2 rings (SSSR count). The van der Waals surface area contributed by atoms with Gasteiger partial charge < -0.3 is 15.8 Å². The summed E-state index contributed by atoms with van der Waals surface area (Å²) in [7, 11) is 1.31. The Morgan fingerprint density at radius 1 is 1.29 bits per heavy atom. The molecule has 0 saturated carbocycles. The first kappa shape index (κ1) is 15.1. The van der Waals surface area contributed by atoms with Crippen molar-refractivity contribution in [1.29, 1.82) is 0 Å². The van der Waals surface area contributed by atoms with Gasteiger partial charge in [0.25, 0.3) is 0 Å². The van der Waals surface area contributed by atoms with Gasteiger partial charge in [-0.05, 0) is 36.2 Å². The highest BCUT2D eigenvalue weighted by Gasteiger charge is 2.10. The minimum Gasteiger partial charge on any atom is -0.464 e. The summed E-state index contributed by atoms with van der Waals surface area (Å²) in [6.45, 7) is 0.642. The Morgan fingerprint density at radius 3 is 2.67 bits per heavy atom.